The van der Waals surface area contributed by atoms with Crippen LogP contribution in [0.5, 0.6) is 46.0 Å². The maximum absolute atomic E-state index is 13.5. The van der Waals surface area contributed by atoms with Gasteiger partial charge in [-0.2, -0.15) is 83.4 Å². The Morgan fingerprint density at radius 1 is 0.252 bits per heavy atom. The van der Waals surface area contributed by atoms with Crippen molar-refractivity contribution >= 4 is 78.0 Å². The number of halogens is 19. The van der Waals surface area contributed by atoms with Gasteiger partial charge in [0.15, 0.2) is 0 Å². The van der Waals surface area contributed by atoms with Crippen molar-refractivity contribution in [3.8, 4) is 46.0 Å². The minimum absolute atomic E-state index is 0.0690. The van der Waals surface area contributed by atoms with Gasteiger partial charge in [-0.15, -0.1) is 0 Å². The Morgan fingerprint density at radius 3 is 0.685 bits per heavy atom. The van der Waals surface area contributed by atoms with Crippen LogP contribution in [0.4, 0.5) is 83.4 Å². The zero-order valence-corrected chi connectivity index (χ0v) is 77.7. The van der Waals surface area contributed by atoms with E-state index >= 15 is 0 Å². The summed E-state index contributed by atoms with van der Waals surface area (Å²) in [5.41, 5.74) is 3.54. The van der Waals surface area contributed by atoms with E-state index in [0.29, 0.717) is 67.5 Å². The molecule has 143 heavy (non-hydrogen) atoms. The van der Waals surface area contributed by atoms with Crippen molar-refractivity contribution in [2.75, 3.05) is 59.5 Å². The van der Waals surface area contributed by atoms with Gasteiger partial charge in [-0.25, -0.2) is 38.4 Å². The quantitative estimate of drug-likeness (QED) is 0.00855. The molecule has 0 bridgehead atoms. The Labute approximate surface area is 810 Å². The van der Waals surface area contributed by atoms with Crippen molar-refractivity contribution in [1.29, 1.82) is 0 Å². The van der Waals surface area contributed by atoms with Gasteiger partial charge in [0, 0.05) is 63.8 Å². The van der Waals surface area contributed by atoms with Crippen LogP contribution < -0.4 is 37.9 Å². The lowest BCUT2D eigenvalue weighted by molar-refractivity contribution is -0.304. The van der Waals surface area contributed by atoms with Crippen LogP contribution in [0.1, 0.15) is 195 Å². The molecular formula is C102H103F19O22. The average Bonchev–Trinajstić information content (AvgIpc) is 0.776. The number of carbonyl (C=O) groups excluding carboxylic acids is 9. The van der Waals surface area contributed by atoms with E-state index in [0.717, 1.165) is 37.7 Å². The number of alkyl halides is 19. The highest BCUT2D eigenvalue weighted by Crippen LogP contribution is 2.48. The molecule has 0 atom stereocenters. The van der Waals surface area contributed by atoms with E-state index in [2.05, 4.69) is 0 Å². The number of hydrogen-bond acceptors (Lipinski definition) is 22. The third-order valence-corrected chi connectivity index (χ3v) is 18.7. The van der Waals surface area contributed by atoms with Crippen molar-refractivity contribution in [2.24, 2.45) is 0 Å². The first-order chi connectivity index (χ1) is 67.4. The van der Waals surface area contributed by atoms with Gasteiger partial charge in [0.2, 0.25) is 0 Å². The zero-order chi connectivity index (χ0) is 106. The normalized spacial score (nSPS) is 11.9. The molecule has 0 aliphatic carbocycles. The maximum atomic E-state index is 13.5. The van der Waals surface area contributed by atoms with Gasteiger partial charge in [-0.3, -0.25) is 4.79 Å². The van der Waals surface area contributed by atoms with Crippen molar-refractivity contribution in [2.45, 2.75) is 179 Å². The highest BCUT2D eigenvalue weighted by Gasteiger charge is 2.68. The number of ether oxygens (including phenoxy) is 13. The summed E-state index contributed by atoms with van der Waals surface area (Å²) in [4.78, 5) is 106. The van der Waals surface area contributed by atoms with E-state index in [1.165, 1.54) is 153 Å². The summed E-state index contributed by atoms with van der Waals surface area (Å²) in [7, 11) is 0. The van der Waals surface area contributed by atoms with Crippen LogP contribution >= 0.6 is 0 Å². The maximum Gasteiger partial charge on any atom is 0.453 e. The Morgan fingerprint density at radius 2 is 0.469 bits per heavy atom. The molecule has 8 aromatic carbocycles. The second-order valence-electron chi connectivity index (χ2n) is 30.7. The van der Waals surface area contributed by atoms with E-state index in [-0.39, 0.29) is 102 Å². The molecule has 0 heterocycles. The molecule has 0 aliphatic heterocycles. The van der Waals surface area contributed by atoms with E-state index in [1.54, 1.807) is 97.1 Å². The van der Waals surface area contributed by atoms with Crippen LogP contribution in [0.15, 0.2) is 218 Å². The Bertz CT molecular complexity index is 5370. The SMILES string of the molecule is CC(=O)OCCCCCCOC(=O)/C=C/c1ccc(OC(=O)c2ccc(OCCCC(F)(F)C(F)(F)F)cc2)cc1.CCCOC(=O)/C=C/c1ccc(OC(=O)c2ccc(OCCCC(F)(F)C(F)(F)C(C)(F)F)cc2)cc1.CCCOC(=O)/C=C/c1ccc(OC(=O)c2ccc(OCCCC(F)(F)C(F)(F)F)cc2)cc1.CCCOC(=O)/C=C/c1ccc(OC(=O)c2ccc(OCCCC(F)(F)F)cc2)cc1. The van der Waals surface area contributed by atoms with Gasteiger partial charge in [-0.05, 0) is 263 Å². The second kappa shape index (κ2) is 59.5. The number of benzene rings is 8. The minimum Gasteiger partial charge on any atom is -0.494 e. The van der Waals surface area contributed by atoms with Crippen molar-refractivity contribution < 1.29 is 188 Å². The molecule has 0 N–H and O–H groups in total. The second-order valence-corrected chi connectivity index (χ2v) is 30.7. The van der Waals surface area contributed by atoms with E-state index in [4.69, 9.17) is 61.6 Å². The predicted octanol–water partition coefficient (Wildman–Crippen LogP) is 25.7. The molecule has 0 aromatic heterocycles. The van der Waals surface area contributed by atoms with Crippen LogP contribution in [0, 0.1) is 0 Å². The molecule has 8 rings (SSSR count). The van der Waals surface area contributed by atoms with Gasteiger partial charge in [-0.1, -0.05) is 69.3 Å². The molecule has 8 aromatic rings. The van der Waals surface area contributed by atoms with Crippen molar-refractivity contribution in [3.05, 3.63) is 263 Å². The molecular weight excluding hydrogens is 1940 g/mol. The van der Waals surface area contributed by atoms with E-state index < -0.39 is 147 Å². The smallest absolute Gasteiger partial charge is 0.453 e. The first kappa shape index (κ1) is 119. The fourth-order valence-corrected chi connectivity index (χ4v) is 11.1. The zero-order valence-electron chi connectivity index (χ0n) is 77.7. The predicted molar refractivity (Wildman–Crippen MR) is 485 cm³/mol. The molecule has 22 nitrogen and oxygen atoms in total. The molecule has 41 heteroatoms. The molecule has 0 saturated heterocycles. The number of carbonyl (C=O) groups is 9. The highest BCUT2D eigenvalue weighted by molar-refractivity contribution is 5.94. The fraction of sp³-hybridized carbons (Fsp3) is 0.363. The highest BCUT2D eigenvalue weighted by atomic mass is 19.4. The van der Waals surface area contributed by atoms with Crippen LogP contribution in [0.3, 0.4) is 0 Å². The summed E-state index contributed by atoms with van der Waals surface area (Å²) >= 11 is 0. The summed E-state index contributed by atoms with van der Waals surface area (Å²) in [6.45, 7) is 7.27. The average molecular weight is 2040 g/mol. The van der Waals surface area contributed by atoms with Crippen LogP contribution in [-0.4, -0.2) is 161 Å². The molecule has 0 saturated carbocycles. The third-order valence-electron chi connectivity index (χ3n) is 18.7. The first-order valence-electron chi connectivity index (χ1n) is 44.2. The van der Waals surface area contributed by atoms with Gasteiger partial charge < -0.3 is 61.6 Å². The fourth-order valence-electron chi connectivity index (χ4n) is 11.1. The lowest BCUT2D eigenvalue weighted by atomic mass is 10.0. The molecule has 776 valence electrons. The molecule has 0 unspecified atom stereocenters. The Balaban J connectivity index is 0.000000337. The van der Waals surface area contributed by atoms with E-state index in [1.807, 2.05) is 20.8 Å². The Kier molecular flexibility index (Phi) is 49.7. The van der Waals surface area contributed by atoms with Gasteiger partial charge in [0.05, 0.1) is 81.7 Å². The largest absolute Gasteiger partial charge is 0.494 e. The topological polar surface area (TPSA) is 274 Å². The lowest BCUT2D eigenvalue weighted by Gasteiger charge is -2.30. The standard InChI is InChI=1S/C29H31F5O7.C26H26F6O5.C24H23F5O5.C23H23F3O5/c1-21(35)38-18-4-2-3-5-19-40-26(36)16-9-22-7-12-25(13-8-22)41-27(37)23-10-14-24(15-11-23)39-20-6-17-28(30,31)29(32,33)34;1-3-16-36-22(33)14-7-18-5-10-21(11-6-18)37-23(34)19-8-12-20(13-9-19)35-17-4-15-25(29,30)26(31,32)24(2,27)28;1-2-15-33-21(30)13-6-17-4-9-20(10-5-17)34-22(31)18-7-11-19(12-8-18)32-16-3-14-23(25,26)24(27,28)29;1-2-15-30-21(27)13-6-17-4-9-20(10-5-17)31-22(28)18-7-11-19(12-8-18)29-16-3-14-23(24,25)26/h7-16H,2-6,17-20H2,1H3;5-14H,3-4,15-17H2,1-2H3;4-13H,2-3,14-16H2,1H3;4-13H,2-3,14-16H2,1H3/b16-9+;14-7+;2*13-6+. The number of rotatable bonds is 50. The summed E-state index contributed by atoms with van der Waals surface area (Å²) in [6.07, 6.45) is -5.53. The molecule has 0 spiro atoms. The van der Waals surface area contributed by atoms with Gasteiger partial charge in [0.1, 0.15) is 46.0 Å². The van der Waals surface area contributed by atoms with E-state index in [9.17, 15) is 127 Å². The molecule has 0 amide bonds. The molecule has 0 aliphatic rings. The van der Waals surface area contributed by atoms with Crippen LogP contribution in [-0.2, 0) is 47.7 Å². The Hall–Kier alpha value is -14.2. The lowest BCUT2D eigenvalue weighted by Crippen LogP contribution is -2.52. The van der Waals surface area contributed by atoms with Gasteiger partial charge in [0.25, 0.3) is 0 Å². The van der Waals surface area contributed by atoms with Gasteiger partial charge >= 0.3 is 102 Å². The summed E-state index contributed by atoms with van der Waals surface area (Å²) < 4.78 is 306. The third kappa shape index (κ3) is 46.4. The van der Waals surface area contributed by atoms with Crippen LogP contribution in [0.25, 0.3) is 24.3 Å². The van der Waals surface area contributed by atoms with Crippen molar-refractivity contribution in [3.63, 3.8) is 0 Å². The van der Waals surface area contributed by atoms with Crippen LogP contribution in [0.2, 0.25) is 0 Å². The summed E-state index contributed by atoms with van der Waals surface area (Å²) in [5.74, 6) is -27.6. The van der Waals surface area contributed by atoms with Crippen molar-refractivity contribution in [1.82, 2.24) is 0 Å². The summed E-state index contributed by atoms with van der Waals surface area (Å²) in [6, 6.07) is 47.9. The number of esters is 9. The molecule has 0 fully saturated rings. The number of hydrogen-bond donors (Lipinski definition) is 0. The monoisotopic (exact) mass is 2040 g/mol. The first-order valence-corrected chi connectivity index (χ1v) is 44.2. The summed E-state index contributed by atoms with van der Waals surface area (Å²) in [5, 5.41) is 0. The molecule has 0 radical (unpaired) electrons. The number of unbranched alkanes of at least 4 members (excludes halogenated alkanes) is 3. The minimum atomic E-state index is -5.60.